The predicted molar refractivity (Wildman–Crippen MR) is 157 cm³/mol. The molecule has 4 aromatic rings. The van der Waals surface area contributed by atoms with Gasteiger partial charge in [-0.05, 0) is 63.1 Å². The van der Waals surface area contributed by atoms with E-state index in [9.17, 15) is 0 Å². The molecule has 0 amide bonds. The molecule has 0 bridgehead atoms. The molecule has 0 saturated heterocycles. The van der Waals surface area contributed by atoms with E-state index >= 15 is 0 Å². The Morgan fingerprint density at radius 3 is 1.66 bits per heavy atom. The summed E-state index contributed by atoms with van der Waals surface area (Å²) in [5, 5.41) is 0. The molecule has 0 radical (unpaired) electrons. The van der Waals surface area contributed by atoms with Crippen LogP contribution >= 0.6 is 0 Å². The highest BCUT2D eigenvalue weighted by atomic mass is 16.5. The van der Waals surface area contributed by atoms with Gasteiger partial charge in [0.15, 0.2) is 11.5 Å². The second-order valence-electron chi connectivity index (χ2n) is 12.1. The van der Waals surface area contributed by atoms with Crippen molar-refractivity contribution in [2.75, 3.05) is 4.90 Å². The number of anilines is 2. The van der Waals surface area contributed by atoms with Gasteiger partial charge in [0.1, 0.15) is 0 Å². The highest BCUT2D eigenvalue weighted by Crippen LogP contribution is 2.63. The lowest BCUT2D eigenvalue weighted by atomic mass is 9.78. The fraction of sp³-hybridized carbons (Fsp3) is 0.222. The third-order valence-electron chi connectivity index (χ3n) is 9.30. The summed E-state index contributed by atoms with van der Waals surface area (Å²) in [5.74, 6) is 1.90. The Morgan fingerprint density at radius 1 is 0.632 bits per heavy atom. The zero-order valence-corrected chi connectivity index (χ0v) is 22.4. The number of ether oxygens (including phenoxy) is 1. The largest absolute Gasteiger partial charge is 0.453 e. The minimum atomic E-state index is -0.138. The molecule has 0 spiro atoms. The van der Waals surface area contributed by atoms with Gasteiger partial charge in [-0.2, -0.15) is 0 Å². The summed E-state index contributed by atoms with van der Waals surface area (Å²) in [6.07, 6.45) is 10.00. The molecule has 1 aliphatic heterocycles. The number of rotatable bonds is 1. The predicted octanol–water partition coefficient (Wildman–Crippen LogP) is 9.43. The van der Waals surface area contributed by atoms with Gasteiger partial charge in [0, 0.05) is 10.8 Å². The van der Waals surface area contributed by atoms with Gasteiger partial charge < -0.3 is 9.64 Å². The number of benzene rings is 4. The molecule has 0 aromatic heterocycles. The van der Waals surface area contributed by atoms with E-state index in [1.807, 2.05) is 0 Å². The third-order valence-corrected chi connectivity index (χ3v) is 9.30. The quantitative estimate of drug-likeness (QED) is 0.262. The van der Waals surface area contributed by atoms with Crippen molar-refractivity contribution in [3.05, 3.63) is 119 Å². The van der Waals surface area contributed by atoms with Gasteiger partial charge in [0.05, 0.1) is 17.4 Å². The van der Waals surface area contributed by atoms with Gasteiger partial charge >= 0.3 is 0 Å². The van der Waals surface area contributed by atoms with Crippen LogP contribution in [0.2, 0.25) is 0 Å². The van der Waals surface area contributed by atoms with Crippen molar-refractivity contribution < 1.29 is 4.74 Å². The highest BCUT2D eigenvalue weighted by molar-refractivity contribution is 5.97. The summed E-state index contributed by atoms with van der Waals surface area (Å²) in [4.78, 5) is 2.63. The van der Waals surface area contributed by atoms with Crippen LogP contribution in [0.5, 0.6) is 11.5 Å². The molecule has 38 heavy (non-hydrogen) atoms. The van der Waals surface area contributed by atoms with Crippen molar-refractivity contribution in [1.29, 1.82) is 0 Å². The number of allylic oxidation sites excluding steroid dienone is 2. The topological polar surface area (TPSA) is 12.5 Å². The highest BCUT2D eigenvalue weighted by Gasteiger charge is 2.46. The average Bonchev–Trinajstić information content (AvgIpc) is 3.32. The molecule has 2 nitrogen and oxygen atoms in total. The Kier molecular flexibility index (Phi) is 4.22. The number of fused-ring (bicyclic) bond motifs is 10. The molecular weight excluding hydrogens is 462 g/mol. The Bertz CT molecular complexity index is 1620. The van der Waals surface area contributed by atoms with Crippen LogP contribution in [0.1, 0.15) is 56.4 Å². The Balaban J connectivity index is 1.46. The Labute approximate surface area is 224 Å². The molecule has 0 saturated carbocycles. The van der Waals surface area contributed by atoms with Crippen molar-refractivity contribution in [2.45, 2.75) is 51.0 Å². The van der Waals surface area contributed by atoms with E-state index in [4.69, 9.17) is 4.74 Å². The zero-order valence-electron chi connectivity index (χ0n) is 22.4. The summed E-state index contributed by atoms with van der Waals surface area (Å²) in [5.41, 5.74) is 13.0. The van der Waals surface area contributed by atoms with Crippen LogP contribution in [-0.2, 0) is 10.8 Å². The van der Waals surface area contributed by atoms with E-state index in [1.165, 1.54) is 55.9 Å². The molecule has 3 aliphatic carbocycles. The minimum absolute atomic E-state index is 0.138. The van der Waals surface area contributed by atoms with Crippen molar-refractivity contribution >= 4 is 11.4 Å². The molecule has 1 unspecified atom stereocenters. The van der Waals surface area contributed by atoms with Gasteiger partial charge in [-0.25, -0.2) is 0 Å². The maximum atomic E-state index is 6.85. The van der Waals surface area contributed by atoms with Crippen LogP contribution in [0.15, 0.2) is 97.1 Å². The summed E-state index contributed by atoms with van der Waals surface area (Å²) in [7, 11) is 0. The van der Waals surface area contributed by atoms with E-state index in [0.29, 0.717) is 0 Å². The first-order valence-electron chi connectivity index (χ1n) is 13.7. The SMILES string of the molecule is CC1(C)c2ccccc2-c2ccc3c(c21)N(C1C=CC=CC1)c1c(ccc2c1C(C)(C)c1ccccc1-2)O3. The summed E-state index contributed by atoms with van der Waals surface area (Å²) >= 11 is 0. The van der Waals surface area contributed by atoms with Crippen LogP contribution in [0.25, 0.3) is 22.3 Å². The Hall–Kier alpha value is -4.04. The maximum Gasteiger partial charge on any atom is 0.151 e. The molecular formula is C36H31NO. The maximum absolute atomic E-state index is 6.85. The standard InChI is InChI=1S/C36H31NO/c1-35(2)27-16-10-8-14-23(27)25-18-20-29-33(31(25)35)37(22-12-6-5-7-13-22)34-30(38-29)21-19-26-24-15-9-11-17-28(24)36(3,4)32(26)34/h5-12,14-22H,13H2,1-4H3. The van der Waals surface area contributed by atoms with Crippen molar-refractivity contribution in [3.63, 3.8) is 0 Å². The van der Waals surface area contributed by atoms with E-state index in [2.05, 4.69) is 130 Å². The number of hydrogen-bond donors (Lipinski definition) is 0. The molecule has 1 heterocycles. The molecule has 2 heteroatoms. The van der Waals surface area contributed by atoms with Gasteiger partial charge in [0.2, 0.25) is 0 Å². The average molecular weight is 494 g/mol. The second kappa shape index (κ2) is 7.29. The van der Waals surface area contributed by atoms with Crippen LogP contribution in [0.4, 0.5) is 11.4 Å². The molecule has 0 N–H and O–H groups in total. The van der Waals surface area contributed by atoms with Gasteiger partial charge in [-0.15, -0.1) is 0 Å². The normalized spacial score (nSPS) is 20.1. The smallest absolute Gasteiger partial charge is 0.151 e. The molecule has 0 fully saturated rings. The molecule has 8 rings (SSSR count). The minimum Gasteiger partial charge on any atom is -0.453 e. The zero-order chi connectivity index (χ0) is 25.8. The summed E-state index contributed by atoms with van der Waals surface area (Å²) < 4.78 is 6.85. The fourth-order valence-corrected chi connectivity index (χ4v) is 7.62. The fourth-order valence-electron chi connectivity index (χ4n) is 7.62. The molecule has 4 aliphatic rings. The van der Waals surface area contributed by atoms with Gasteiger partial charge in [-0.1, -0.05) is 113 Å². The first-order valence-corrected chi connectivity index (χ1v) is 13.7. The van der Waals surface area contributed by atoms with E-state index in [0.717, 1.165) is 17.9 Å². The van der Waals surface area contributed by atoms with Crippen LogP contribution in [0, 0.1) is 0 Å². The van der Waals surface area contributed by atoms with Crippen LogP contribution in [0.3, 0.4) is 0 Å². The van der Waals surface area contributed by atoms with E-state index in [-0.39, 0.29) is 16.9 Å². The van der Waals surface area contributed by atoms with Crippen LogP contribution < -0.4 is 9.64 Å². The Morgan fingerprint density at radius 2 is 1.16 bits per heavy atom. The van der Waals surface area contributed by atoms with Crippen molar-refractivity contribution in [2.24, 2.45) is 0 Å². The first kappa shape index (κ1) is 22.0. The monoisotopic (exact) mass is 493 g/mol. The lowest BCUT2D eigenvalue weighted by Gasteiger charge is -2.43. The lowest BCUT2D eigenvalue weighted by Crippen LogP contribution is -2.36. The third kappa shape index (κ3) is 2.63. The van der Waals surface area contributed by atoms with E-state index in [1.54, 1.807) is 0 Å². The van der Waals surface area contributed by atoms with Crippen molar-refractivity contribution in [3.8, 4) is 33.8 Å². The molecule has 4 aromatic carbocycles. The van der Waals surface area contributed by atoms with Crippen LogP contribution in [-0.4, -0.2) is 6.04 Å². The number of hydrogen-bond acceptors (Lipinski definition) is 2. The molecule has 1 atom stereocenters. The van der Waals surface area contributed by atoms with Gasteiger partial charge in [-0.3, -0.25) is 0 Å². The number of nitrogens with zero attached hydrogens (tertiary/aromatic N) is 1. The lowest BCUT2D eigenvalue weighted by molar-refractivity contribution is 0.464. The van der Waals surface area contributed by atoms with Crippen molar-refractivity contribution in [1.82, 2.24) is 0 Å². The summed E-state index contributed by atoms with van der Waals surface area (Å²) in [6, 6.07) is 26.9. The first-order chi connectivity index (χ1) is 18.4. The van der Waals surface area contributed by atoms with E-state index < -0.39 is 0 Å². The summed E-state index contributed by atoms with van der Waals surface area (Å²) in [6.45, 7) is 9.49. The molecule has 186 valence electrons. The second-order valence-corrected chi connectivity index (χ2v) is 12.1. The van der Waals surface area contributed by atoms with Gasteiger partial charge in [0.25, 0.3) is 0 Å².